The number of carbonyl (C=O) groups excluding carboxylic acids is 1. The van der Waals surface area contributed by atoms with Gasteiger partial charge in [-0.2, -0.15) is 5.10 Å². The van der Waals surface area contributed by atoms with E-state index < -0.39 is 0 Å². The van der Waals surface area contributed by atoms with Crippen LogP contribution in [0.1, 0.15) is 11.6 Å². The van der Waals surface area contributed by atoms with Crippen LogP contribution in [0.3, 0.4) is 0 Å². The maximum Gasteiger partial charge on any atom is 0.230 e. The van der Waals surface area contributed by atoms with Gasteiger partial charge in [0, 0.05) is 17.8 Å². The maximum atomic E-state index is 12.8. The van der Waals surface area contributed by atoms with Gasteiger partial charge in [0.2, 0.25) is 5.91 Å². The Kier molecular flexibility index (Phi) is 4.24. The van der Waals surface area contributed by atoms with Gasteiger partial charge in [0.25, 0.3) is 0 Å². The molecule has 0 spiro atoms. The summed E-state index contributed by atoms with van der Waals surface area (Å²) in [6.45, 7) is 0.577. The van der Waals surface area contributed by atoms with E-state index in [1.165, 1.54) is 6.33 Å². The van der Waals surface area contributed by atoms with E-state index in [1.54, 1.807) is 0 Å². The highest BCUT2D eigenvalue weighted by Crippen LogP contribution is 2.26. The van der Waals surface area contributed by atoms with Crippen LogP contribution >= 0.6 is 0 Å². The molecule has 2 atom stereocenters. The van der Waals surface area contributed by atoms with Crippen molar-refractivity contribution in [1.29, 1.82) is 0 Å². The summed E-state index contributed by atoms with van der Waals surface area (Å²) >= 11 is 0. The van der Waals surface area contributed by atoms with E-state index in [2.05, 4.69) is 31.3 Å². The third-order valence-corrected chi connectivity index (χ3v) is 4.30. The van der Waals surface area contributed by atoms with E-state index in [4.69, 9.17) is 0 Å². The molecule has 4 N–H and O–H groups in total. The zero-order valence-electron chi connectivity index (χ0n) is 13.4. The van der Waals surface area contributed by atoms with Gasteiger partial charge in [0.05, 0.1) is 12.0 Å². The Morgan fingerprint density at radius 1 is 1.12 bits per heavy atom. The SMILES string of the molecule is O=C(Nc1cccc(-c2ncn[nH]2)c1)C1CNNC1c1ccccc1. The minimum atomic E-state index is -0.198. The molecule has 0 bridgehead atoms. The quantitative estimate of drug-likeness (QED) is 0.584. The summed E-state index contributed by atoms with van der Waals surface area (Å²) in [6, 6.07) is 17.5. The fourth-order valence-electron chi connectivity index (χ4n) is 3.04. The molecular weight excluding hydrogens is 316 g/mol. The van der Waals surface area contributed by atoms with Crippen LogP contribution in [0.15, 0.2) is 60.9 Å². The van der Waals surface area contributed by atoms with Crippen LogP contribution in [0.5, 0.6) is 0 Å². The summed E-state index contributed by atoms with van der Waals surface area (Å²) in [5.41, 5.74) is 8.97. The fourth-order valence-corrected chi connectivity index (χ4v) is 3.04. The Bertz CT molecular complexity index is 849. The molecule has 0 saturated carbocycles. The average Bonchev–Trinajstić information content (AvgIpc) is 3.34. The number of nitrogens with one attached hydrogen (secondary N) is 4. The molecule has 7 nitrogen and oxygen atoms in total. The summed E-state index contributed by atoms with van der Waals surface area (Å²) in [5.74, 6) is 0.444. The third kappa shape index (κ3) is 3.28. The van der Waals surface area contributed by atoms with Gasteiger partial charge in [-0.15, -0.1) is 0 Å². The van der Waals surface area contributed by atoms with Gasteiger partial charge in [0.15, 0.2) is 5.82 Å². The Labute approximate surface area is 144 Å². The molecule has 1 fully saturated rings. The molecule has 7 heteroatoms. The Morgan fingerprint density at radius 3 is 2.80 bits per heavy atom. The highest BCUT2D eigenvalue weighted by molar-refractivity contribution is 5.94. The number of amides is 1. The zero-order valence-corrected chi connectivity index (χ0v) is 13.4. The zero-order chi connectivity index (χ0) is 17.1. The van der Waals surface area contributed by atoms with Crippen molar-refractivity contribution >= 4 is 11.6 Å². The van der Waals surface area contributed by atoms with Crippen molar-refractivity contribution in [3.63, 3.8) is 0 Å². The van der Waals surface area contributed by atoms with E-state index in [0.29, 0.717) is 12.4 Å². The third-order valence-electron chi connectivity index (χ3n) is 4.30. The van der Waals surface area contributed by atoms with Crippen LogP contribution < -0.4 is 16.2 Å². The Balaban J connectivity index is 1.51. The number of benzene rings is 2. The molecule has 1 amide bonds. The largest absolute Gasteiger partial charge is 0.326 e. The number of rotatable bonds is 4. The monoisotopic (exact) mass is 334 g/mol. The lowest BCUT2D eigenvalue weighted by Crippen LogP contribution is -2.29. The average molecular weight is 334 g/mol. The minimum absolute atomic E-state index is 0.0268. The first-order valence-corrected chi connectivity index (χ1v) is 8.11. The molecule has 25 heavy (non-hydrogen) atoms. The normalized spacial score (nSPS) is 19.7. The number of hydrazine groups is 1. The van der Waals surface area contributed by atoms with Crippen LogP contribution in [0.4, 0.5) is 5.69 Å². The molecule has 1 saturated heterocycles. The van der Waals surface area contributed by atoms with Crippen LogP contribution in [0, 0.1) is 5.92 Å². The van der Waals surface area contributed by atoms with Crippen molar-refractivity contribution in [2.75, 3.05) is 11.9 Å². The molecule has 1 aliphatic rings. The van der Waals surface area contributed by atoms with Gasteiger partial charge in [-0.05, 0) is 17.7 Å². The number of H-pyrrole nitrogens is 1. The van der Waals surface area contributed by atoms with Crippen molar-refractivity contribution in [1.82, 2.24) is 26.0 Å². The molecule has 1 aliphatic heterocycles. The Hall–Kier alpha value is -3.03. The summed E-state index contributed by atoms with van der Waals surface area (Å²) in [6.07, 6.45) is 1.46. The first-order valence-electron chi connectivity index (χ1n) is 8.11. The van der Waals surface area contributed by atoms with Crippen LogP contribution in [0.2, 0.25) is 0 Å². The van der Waals surface area contributed by atoms with Crippen molar-refractivity contribution in [3.8, 4) is 11.4 Å². The molecule has 2 heterocycles. The molecule has 0 aliphatic carbocycles. The Morgan fingerprint density at radius 2 is 2.00 bits per heavy atom. The lowest BCUT2D eigenvalue weighted by Gasteiger charge is -2.18. The summed E-state index contributed by atoms with van der Waals surface area (Å²) in [7, 11) is 0. The van der Waals surface area contributed by atoms with E-state index in [0.717, 1.165) is 16.8 Å². The van der Waals surface area contributed by atoms with Crippen molar-refractivity contribution in [3.05, 3.63) is 66.5 Å². The first kappa shape index (κ1) is 15.5. The maximum absolute atomic E-state index is 12.8. The van der Waals surface area contributed by atoms with Gasteiger partial charge in [0.1, 0.15) is 6.33 Å². The van der Waals surface area contributed by atoms with Gasteiger partial charge < -0.3 is 5.32 Å². The van der Waals surface area contributed by atoms with Gasteiger partial charge >= 0.3 is 0 Å². The molecule has 4 rings (SSSR count). The van der Waals surface area contributed by atoms with Gasteiger partial charge in [-0.3, -0.25) is 15.3 Å². The highest BCUT2D eigenvalue weighted by atomic mass is 16.2. The molecular formula is C18H18N6O. The number of aromatic amines is 1. The van der Waals surface area contributed by atoms with E-state index >= 15 is 0 Å². The van der Waals surface area contributed by atoms with Crippen molar-refractivity contribution < 1.29 is 4.79 Å². The molecule has 2 unspecified atom stereocenters. The molecule has 0 radical (unpaired) electrons. The molecule has 3 aromatic rings. The predicted octanol–water partition coefficient (Wildman–Crippen LogP) is 1.88. The number of carbonyl (C=O) groups is 1. The van der Waals surface area contributed by atoms with E-state index in [1.807, 2.05) is 54.6 Å². The van der Waals surface area contributed by atoms with Crippen molar-refractivity contribution in [2.45, 2.75) is 6.04 Å². The predicted molar refractivity (Wildman–Crippen MR) is 94.3 cm³/mol. The second-order valence-electron chi connectivity index (χ2n) is 5.92. The number of nitrogens with zero attached hydrogens (tertiary/aromatic N) is 2. The molecule has 126 valence electrons. The van der Waals surface area contributed by atoms with Crippen molar-refractivity contribution in [2.24, 2.45) is 5.92 Å². The topological polar surface area (TPSA) is 94.7 Å². The number of anilines is 1. The number of aromatic nitrogens is 3. The second kappa shape index (κ2) is 6.84. The van der Waals surface area contributed by atoms with E-state index in [9.17, 15) is 4.79 Å². The summed E-state index contributed by atoms with van der Waals surface area (Å²) in [4.78, 5) is 16.9. The summed E-state index contributed by atoms with van der Waals surface area (Å²) < 4.78 is 0. The standard InChI is InChI=1S/C18H18N6O/c25-18(15-10-20-23-16(15)12-5-2-1-3-6-12)22-14-8-4-7-13(9-14)17-19-11-21-24-17/h1-9,11,15-16,20,23H,10H2,(H,22,25)(H,19,21,24). The fraction of sp³-hybridized carbons (Fsp3) is 0.167. The van der Waals surface area contributed by atoms with Crippen LogP contribution in [0.25, 0.3) is 11.4 Å². The minimum Gasteiger partial charge on any atom is -0.326 e. The molecule has 1 aromatic heterocycles. The lowest BCUT2D eigenvalue weighted by atomic mass is 9.94. The number of hydrogen-bond donors (Lipinski definition) is 4. The smallest absolute Gasteiger partial charge is 0.230 e. The summed E-state index contributed by atoms with van der Waals surface area (Å²) in [5, 5.41) is 9.68. The lowest BCUT2D eigenvalue weighted by molar-refractivity contribution is -0.119. The van der Waals surface area contributed by atoms with Crippen LogP contribution in [-0.4, -0.2) is 27.6 Å². The first-order chi connectivity index (χ1) is 12.3. The number of hydrogen-bond acceptors (Lipinski definition) is 5. The van der Waals surface area contributed by atoms with E-state index in [-0.39, 0.29) is 17.9 Å². The highest BCUT2D eigenvalue weighted by Gasteiger charge is 2.33. The molecule has 2 aromatic carbocycles. The van der Waals surface area contributed by atoms with Gasteiger partial charge in [-0.1, -0.05) is 42.5 Å². The second-order valence-corrected chi connectivity index (χ2v) is 5.92. The van der Waals surface area contributed by atoms with Crippen LogP contribution in [-0.2, 0) is 4.79 Å². The van der Waals surface area contributed by atoms with Gasteiger partial charge in [-0.25, -0.2) is 10.4 Å².